The Labute approximate surface area is 150 Å². The van der Waals surface area contributed by atoms with E-state index in [-0.39, 0.29) is 0 Å². The van der Waals surface area contributed by atoms with Gasteiger partial charge in [0.15, 0.2) is 6.10 Å². The van der Waals surface area contributed by atoms with Crippen LogP contribution in [-0.2, 0) is 9.09 Å². The van der Waals surface area contributed by atoms with Gasteiger partial charge in [0.1, 0.15) is 9.32 Å². The van der Waals surface area contributed by atoms with E-state index in [1.807, 2.05) is 26.8 Å². The van der Waals surface area contributed by atoms with Crippen LogP contribution in [0.2, 0.25) is 0 Å². The molecule has 0 saturated heterocycles. The lowest BCUT2D eigenvalue weighted by molar-refractivity contribution is 0.184. The van der Waals surface area contributed by atoms with E-state index >= 15 is 0 Å². The number of hydrogen-bond acceptors (Lipinski definition) is 5. The van der Waals surface area contributed by atoms with Gasteiger partial charge in [-0.1, -0.05) is 49.3 Å². The molecule has 22 heavy (non-hydrogen) atoms. The van der Waals surface area contributed by atoms with Crippen molar-refractivity contribution < 1.29 is 14.0 Å². The van der Waals surface area contributed by atoms with Crippen molar-refractivity contribution >= 4 is 52.4 Å². The molecule has 9 heteroatoms. The van der Waals surface area contributed by atoms with E-state index in [1.165, 1.54) is 21.6 Å². The number of hydrogen-bond donors (Lipinski definition) is 1. The minimum atomic E-state index is -3.95. The molecule has 0 heterocycles. The molecule has 1 aliphatic rings. The van der Waals surface area contributed by atoms with Crippen LogP contribution in [0, 0.1) is 22.7 Å². The summed E-state index contributed by atoms with van der Waals surface area (Å²) in [7, 11) is -1.10. The average Bonchev–Trinajstić information content (AvgIpc) is 2.83. The smallest absolute Gasteiger partial charge is 0.323 e. The monoisotopic (exact) mass is 405 g/mol. The molecule has 0 bridgehead atoms. The van der Waals surface area contributed by atoms with Crippen LogP contribution >= 0.6 is 52.4 Å². The van der Waals surface area contributed by atoms with E-state index in [9.17, 15) is 14.7 Å². The van der Waals surface area contributed by atoms with Crippen LogP contribution in [0.1, 0.15) is 41.0 Å². The highest BCUT2D eigenvalue weighted by Crippen LogP contribution is 2.71. The lowest BCUT2D eigenvalue weighted by Crippen LogP contribution is -2.18. The Morgan fingerprint density at radius 3 is 2.27 bits per heavy atom. The topological polar surface area (TPSA) is 70.3 Å². The third-order valence-corrected chi connectivity index (χ3v) is 11.7. The van der Waals surface area contributed by atoms with Crippen molar-refractivity contribution in [1.29, 1.82) is 5.26 Å². The molecule has 0 aromatic carbocycles. The molecule has 0 aliphatic heterocycles. The molecule has 1 saturated carbocycles. The summed E-state index contributed by atoms with van der Waals surface area (Å²) in [4.78, 5) is 9.51. The van der Waals surface area contributed by atoms with Crippen LogP contribution in [0.5, 0.6) is 0 Å². The number of nitrogens with zero attached hydrogens (tertiary/aromatic N) is 1. The second-order valence-corrected chi connectivity index (χ2v) is 13.0. The van der Waals surface area contributed by atoms with Gasteiger partial charge in [-0.15, -0.1) is 23.2 Å². The molecule has 0 radical (unpaired) electrons. The van der Waals surface area contributed by atoms with E-state index in [2.05, 4.69) is 6.92 Å². The molecule has 0 spiro atoms. The van der Waals surface area contributed by atoms with Gasteiger partial charge in [0.05, 0.1) is 6.07 Å². The molecule has 5 atom stereocenters. The standard InChI is InChI=1S/C13H22Cl2NO3PS2/c1-6-8(2)21-22-9(3)20(17,18)19-10(7-16)11-12(4,5)13(11,14)15/h8-11H,6H2,1-5H3,(H,17,18). The second-order valence-electron chi connectivity index (χ2n) is 6.05. The Kier molecular flexibility index (Phi) is 7.08. The lowest BCUT2D eigenvalue weighted by Gasteiger charge is -2.22. The van der Waals surface area contributed by atoms with E-state index in [1.54, 1.807) is 6.92 Å². The van der Waals surface area contributed by atoms with Gasteiger partial charge in [-0.05, 0) is 13.3 Å². The van der Waals surface area contributed by atoms with Crippen LogP contribution in [0.4, 0.5) is 0 Å². The molecule has 128 valence electrons. The Morgan fingerprint density at radius 2 is 1.91 bits per heavy atom. The molecule has 1 rings (SSSR count). The molecule has 5 unspecified atom stereocenters. The first-order chi connectivity index (χ1) is 9.91. The second kappa shape index (κ2) is 7.44. The molecule has 1 aliphatic carbocycles. The first-order valence-electron chi connectivity index (χ1n) is 7.02. The molecule has 0 amide bonds. The summed E-state index contributed by atoms with van der Waals surface area (Å²) in [6.07, 6.45) is -0.128. The predicted molar refractivity (Wildman–Crippen MR) is 96.4 cm³/mol. The van der Waals surface area contributed by atoms with Gasteiger partial charge >= 0.3 is 7.60 Å². The van der Waals surface area contributed by atoms with Crippen molar-refractivity contribution in [1.82, 2.24) is 0 Å². The summed E-state index contributed by atoms with van der Waals surface area (Å²) in [5.41, 5.74) is -0.529. The fourth-order valence-electron chi connectivity index (χ4n) is 1.97. The van der Waals surface area contributed by atoms with Crippen LogP contribution in [0.3, 0.4) is 0 Å². The quantitative estimate of drug-likeness (QED) is 0.329. The number of rotatable bonds is 8. The Morgan fingerprint density at radius 1 is 1.41 bits per heavy atom. The molecular formula is C13H22Cl2NO3PS2. The maximum Gasteiger partial charge on any atom is 0.342 e. The summed E-state index contributed by atoms with van der Waals surface area (Å²) in [5.74, 6) is -0.492. The Hall–Kier alpha value is 0.920. The van der Waals surface area contributed by atoms with Crippen LogP contribution < -0.4 is 0 Å². The highest BCUT2D eigenvalue weighted by molar-refractivity contribution is 8.78. The number of alkyl halides is 2. The molecule has 0 aromatic heterocycles. The fraction of sp³-hybridized carbons (Fsp3) is 0.923. The Bertz CT molecular complexity index is 484. The summed E-state index contributed by atoms with van der Waals surface area (Å²) in [6.45, 7) is 9.35. The largest absolute Gasteiger partial charge is 0.342 e. The van der Waals surface area contributed by atoms with Gasteiger partial charge in [0.2, 0.25) is 0 Å². The SMILES string of the molecule is CCC(C)SSC(C)P(=O)(O)OC(C#N)C1C(C)(C)C1(Cl)Cl. The third-order valence-electron chi connectivity index (χ3n) is 4.03. The summed E-state index contributed by atoms with van der Waals surface area (Å²) in [6, 6.07) is 1.92. The van der Waals surface area contributed by atoms with Crippen molar-refractivity contribution in [3.8, 4) is 6.07 Å². The summed E-state index contributed by atoms with van der Waals surface area (Å²) < 4.78 is 16.5. The van der Waals surface area contributed by atoms with Gasteiger partial charge in [-0.3, -0.25) is 9.09 Å². The van der Waals surface area contributed by atoms with Crippen molar-refractivity contribution in [2.24, 2.45) is 11.3 Å². The van der Waals surface area contributed by atoms with E-state index in [0.29, 0.717) is 5.25 Å². The van der Waals surface area contributed by atoms with Crippen LogP contribution in [0.25, 0.3) is 0 Å². The normalized spacial score (nSPS) is 29.0. The maximum atomic E-state index is 12.4. The molecular weight excluding hydrogens is 384 g/mol. The van der Waals surface area contributed by atoms with Gasteiger partial charge in [-0.25, -0.2) is 0 Å². The van der Waals surface area contributed by atoms with Gasteiger partial charge in [-0.2, -0.15) is 5.26 Å². The summed E-state index contributed by atoms with van der Waals surface area (Å²) >= 11 is 12.3. The van der Waals surface area contributed by atoms with Crippen LogP contribution in [-0.4, -0.2) is 25.6 Å². The van der Waals surface area contributed by atoms with Crippen molar-refractivity contribution in [2.45, 2.75) is 61.7 Å². The zero-order valence-corrected chi connectivity index (χ0v) is 17.3. The number of halogens is 2. The third kappa shape index (κ3) is 4.30. The highest BCUT2D eigenvalue weighted by Gasteiger charge is 2.73. The first kappa shape index (κ1) is 21.0. The summed E-state index contributed by atoms with van der Waals surface area (Å²) in [5, 5.41) is 9.64. The first-order valence-corrected chi connectivity index (χ1v) is 11.7. The van der Waals surface area contributed by atoms with Gasteiger partial charge in [0.25, 0.3) is 0 Å². The maximum absolute atomic E-state index is 12.4. The zero-order valence-electron chi connectivity index (χ0n) is 13.2. The van der Waals surface area contributed by atoms with Crippen molar-refractivity contribution in [2.75, 3.05) is 0 Å². The highest BCUT2D eigenvalue weighted by atomic mass is 35.5. The van der Waals surface area contributed by atoms with Crippen LogP contribution in [0.15, 0.2) is 0 Å². The minimum absolute atomic E-state index is 0.375. The van der Waals surface area contributed by atoms with Gasteiger partial charge in [0, 0.05) is 16.6 Å². The van der Waals surface area contributed by atoms with E-state index in [0.717, 1.165) is 6.42 Å². The number of nitriles is 1. The van der Waals surface area contributed by atoms with E-state index < -0.39 is 34.4 Å². The molecule has 4 nitrogen and oxygen atoms in total. The van der Waals surface area contributed by atoms with Crippen molar-refractivity contribution in [3.63, 3.8) is 0 Å². The van der Waals surface area contributed by atoms with Gasteiger partial charge < -0.3 is 4.89 Å². The molecule has 1 fully saturated rings. The fourth-order valence-corrected chi connectivity index (χ4v) is 7.49. The lowest BCUT2D eigenvalue weighted by atomic mass is 10.1. The minimum Gasteiger partial charge on any atom is -0.323 e. The molecule has 0 aromatic rings. The van der Waals surface area contributed by atoms with Crippen molar-refractivity contribution in [3.05, 3.63) is 0 Å². The Balaban J connectivity index is 2.71. The van der Waals surface area contributed by atoms with E-state index in [4.69, 9.17) is 27.7 Å². The average molecular weight is 406 g/mol. The predicted octanol–water partition coefficient (Wildman–Crippen LogP) is 5.44. The molecule has 1 N–H and O–H groups in total. The zero-order chi connectivity index (χ0) is 17.3.